The average molecular weight is 272 g/mol. The average Bonchev–Trinajstić information content (AvgIpc) is 2.42. The molecule has 1 amide bonds. The summed E-state index contributed by atoms with van der Waals surface area (Å²) in [7, 11) is 0. The molecule has 1 aliphatic heterocycles. The smallest absolute Gasteiger partial charge is 0.238 e. The highest BCUT2D eigenvalue weighted by atomic mass is 16.2. The van der Waals surface area contributed by atoms with Gasteiger partial charge in [-0.25, -0.2) is 0 Å². The highest BCUT2D eigenvalue weighted by molar-refractivity contribution is 5.92. The van der Waals surface area contributed by atoms with E-state index in [1.807, 2.05) is 0 Å². The van der Waals surface area contributed by atoms with E-state index < -0.39 is 0 Å². The van der Waals surface area contributed by atoms with Crippen molar-refractivity contribution in [2.45, 2.75) is 19.4 Å². The molecule has 0 radical (unpaired) electrons. The van der Waals surface area contributed by atoms with Gasteiger partial charge < -0.3 is 10.6 Å². The van der Waals surface area contributed by atoms with Gasteiger partial charge in [0.2, 0.25) is 5.91 Å². The van der Waals surface area contributed by atoms with E-state index in [0.717, 1.165) is 25.3 Å². The zero-order chi connectivity index (χ0) is 14.6. The number of carbonyl (C=O) groups excluding carboxylic acids is 1. The lowest BCUT2D eigenvalue weighted by atomic mass is 10.0. The molecule has 1 heterocycles. The Bertz CT molecular complexity index is 516. The molecule has 20 heavy (non-hydrogen) atoms. The van der Waals surface area contributed by atoms with Crippen LogP contribution in [0.1, 0.15) is 19.4 Å². The maximum atomic E-state index is 12.1. The molecular weight excluding hydrogens is 252 g/mol. The molecule has 1 fully saturated rings. The van der Waals surface area contributed by atoms with Crippen LogP contribution in [-0.2, 0) is 4.79 Å². The van der Waals surface area contributed by atoms with Gasteiger partial charge in [0.15, 0.2) is 0 Å². The van der Waals surface area contributed by atoms with Gasteiger partial charge in [-0.05, 0) is 38.1 Å². The van der Waals surface area contributed by atoms with E-state index in [-0.39, 0.29) is 11.4 Å². The largest absolute Gasteiger partial charge is 0.325 e. The van der Waals surface area contributed by atoms with E-state index in [1.54, 1.807) is 24.3 Å². The van der Waals surface area contributed by atoms with Crippen LogP contribution in [0.25, 0.3) is 0 Å². The van der Waals surface area contributed by atoms with Crippen molar-refractivity contribution in [3.8, 4) is 6.07 Å². The molecule has 106 valence electrons. The molecular formula is C15H20N4O. The third-order valence-corrected chi connectivity index (χ3v) is 3.60. The minimum atomic E-state index is -0.0234. The molecule has 0 unspecified atom stereocenters. The summed E-state index contributed by atoms with van der Waals surface area (Å²) < 4.78 is 0. The number of nitrogens with one attached hydrogen (secondary N) is 2. The number of benzene rings is 1. The van der Waals surface area contributed by atoms with Crippen molar-refractivity contribution in [1.82, 2.24) is 10.2 Å². The summed E-state index contributed by atoms with van der Waals surface area (Å²) in [6.45, 7) is 7.31. The van der Waals surface area contributed by atoms with Crippen molar-refractivity contribution < 1.29 is 4.79 Å². The van der Waals surface area contributed by atoms with Gasteiger partial charge in [0.05, 0.1) is 18.2 Å². The number of hydrogen-bond acceptors (Lipinski definition) is 4. The molecule has 0 aliphatic carbocycles. The number of rotatable bonds is 3. The van der Waals surface area contributed by atoms with Crippen molar-refractivity contribution >= 4 is 11.6 Å². The number of piperazine rings is 1. The fourth-order valence-corrected chi connectivity index (χ4v) is 2.32. The fourth-order valence-electron chi connectivity index (χ4n) is 2.32. The number of hydrogen-bond donors (Lipinski definition) is 2. The molecule has 5 heteroatoms. The van der Waals surface area contributed by atoms with Crippen molar-refractivity contribution in [2.24, 2.45) is 0 Å². The van der Waals surface area contributed by atoms with Crippen LogP contribution in [-0.4, -0.2) is 42.5 Å². The number of carbonyl (C=O) groups is 1. The third kappa shape index (κ3) is 3.56. The fraction of sp³-hybridized carbons (Fsp3) is 0.467. The third-order valence-electron chi connectivity index (χ3n) is 3.60. The van der Waals surface area contributed by atoms with Crippen molar-refractivity contribution in [3.63, 3.8) is 0 Å². The second-order valence-electron chi connectivity index (χ2n) is 5.65. The summed E-state index contributed by atoms with van der Waals surface area (Å²) in [5.41, 5.74) is 1.30. The molecule has 1 aliphatic rings. The van der Waals surface area contributed by atoms with Crippen molar-refractivity contribution in [1.29, 1.82) is 5.26 Å². The van der Waals surface area contributed by atoms with E-state index in [2.05, 4.69) is 35.5 Å². The van der Waals surface area contributed by atoms with Crippen LogP contribution in [0.15, 0.2) is 24.3 Å². The summed E-state index contributed by atoms with van der Waals surface area (Å²) in [4.78, 5) is 14.3. The van der Waals surface area contributed by atoms with Crippen LogP contribution in [0.3, 0.4) is 0 Å². The maximum Gasteiger partial charge on any atom is 0.238 e. The van der Waals surface area contributed by atoms with Gasteiger partial charge >= 0.3 is 0 Å². The molecule has 0 spiro atoms. The van der Waals surface area contributed by atoms with Gasteiger partial charge in [-0.1, -0.05) is 0 Å². The molecule has 0 atom stereocenters. The lowest BCUT2D eigenvalue weighted by Gasteiger charge is -2.42. The first kappa shape index (κ1) is 14.5. The van der Waals surface area contributed by atoms with Crippen molar-refractivity contribution in [2.75, 3.05) is 31.5 Å². The molecule has 0 aromatic heterocycles. The van der Waals surface area contributed by atoms with Gasteiger partial charge in [-0.2, -0.15) is 5.26 Å². The maximum absolute atomic E-state index is 12.1. The lowest BCUT2D eigenvalue weighted by molar-refractivity contribution is -0.119. The van der Waals surface area contributed by atoms with Crippen LogP contribution < -0.4 is 10.6 Å². The number of nitrogens with zero attached hydrogens (tertiary/aromatic N) is 2. The molecule has 2 rings (SSSR count). The number of anilines is 1. The summed E-state index contributed by atoms with van der Waals surface area (Å²) in [6.07, 6.45) is 0. The standard InChI is InChI=1S/C15H20N4O/c1-15(2)11-17-7-8-19(15)10-14(20)18-13-5-3-12(9-16)4-6-13/h3-6,17H,7-8,10-11H2,1-2H3,(H,18,20). The molecule has 0 bridgehead atoms. The van der Waals surface area contributed by atoms with E-state index in [9.17, 15) is 4.79 Å². The van der Waals surface area contributed by atoms with E-state index in [0.29, 0.717) is 12.1 Å². The predicted molar refractivity (Wildman–Crippen MR) is 78.3 cm³/mol. The summed E-state index contributed by atoms with van der Waals surface area (Å²) in [5.74, 6) is -0.0234. The lowest BCUT2D eigenvalue weighted by Crippen LogP contribution is -2.59. The summed E-state index contributed by atoms with van der Waals surface area (Å²) >= 11 is 0. The Hall–Kier alpha value is -1.90. The molecule has 1 aromatic carbocycles. The first-order chi connectivity index (χ1) is 9.51. The van der Waals surface area contributed by atoms with Crippen LogP contribution in [0.2, 0.25) is 0 Å². The Kier molecular flexibility index (Phi) is 4.38. The number of amides is 1. The molecule has 5 nitrogen and oxygen atoms in total. The van der Waals surface area contributed by atoms with Gasteiger partial charge in [-0.3, -0.25) is 9.69 Å². The van der Waals surface area contributed by atoms with Crippen LogP contribution >= 0.6 is 0 Å². The normalized spacial score (nSPS) is 18.2. The number of nitriles is 1. The zero-order valence-corrected chi connectivity index (χ0v) is 11.9. The Morgan fingerprint density at radius 3 is 2.75 bits per heavy atom. The first-order valence-corrected chi connectivity index (χ1v) is 6.77. The Morgan fingerprint density at radius 1 is 1.45 bits per heavy atom. The van der Waals surface area contributed by atoms with Gasteiger partial charge in [-0.15, -0.1) is 0 Å². The van der Waals surface area contributed by atoms with E-state index in [1.165, 1.54) is 0 Å². The quantitative estimate of drug-likeness (QED) is 0.867. The first-order valence-electron chi connectivity index (χ1n) is 6.77. The van der Waals surface area contributed by atoms with E-state index in [4.69, 9.17) is 5.26 Å². The second-order valence-corrected chi connectivity index (χ2v) is 5.65. The summed E-state index contributed by atoms with van der Waals surface area (Å²) in [5, 5.41) is 14.9. The minimum Gasteiger partial charge on any atom is -0.325 e. The van der Waals surface area contributed by atoms with Crippen LogP contribution in [0.5, 0.6) is 0 Å². The Balaban J connectivity index is 1.93. The van der Waals surface area contributed by atoms with Crippen LogP contribution in [0.4, 0.5) is 5.69 Å². The predicted octanol–water partition coefficient (Wildman–Crippen LogP) is 1.18. The highest BCUT2D eigenvalue weighted by Crippen LogP contribution is 2.16. The minimum absolute atomic E-state index is 0.0136. The molecule has 1 aromatic rings. The highest BCUT2D eigenvalue weighted by Gasteiger charge is 2.30. The van der Waals surface area contributed by atoms with E-state index >= 15 is 0 Å². The van der Waals surface area contributed by atoms with Gasteiger partial charge in [0.1, 0.15) is 0 Å². The molecule has 2 N–H and O–H groups in total. The van der Waals surface area contributed by atoms with Gasteiger partial charge in [0.25, 0.3) is 0 Å². The Labute approximate surface area is 119 Å². The van der Waals surface area contributed by atoms with Gasteiger partial charge in [0, 0.05) is 30.9 Å². The van der Waals surface area contributed by atoms with Crippen molar-refractivity contribution in [3.05, 3.63) is 29.8 Å². The molecule has 1 saturated heterocycles. The topological polar surface area (TPSA) is 68.2 Å². The Morgan fingerprint density at radius 2 is 2.15 bits per heavy atom. The summed E-state index contributed by atoms with van der Waals surface area (Å²) in [6, 6.07) is 8.95. The SMILES string of the molecule is CC1(C)CNCCN1CC(=O)Nc1ccc(C#N)cc1. The van der Waals surface area contributed by atoms with Crippen LogP contribution in [0, 0.1) is 11.3 Å². The molecule has 0 saturated carbocycles. The second kappa shape index (κ2) is 6.04. The monoisotopic (exact) mass is 272 g/mol. The zero-order valence-electron chi connectivity index (χ0n) is 11.9.